The Bertz CT molecular complexity index is 812. The number of allylic oxidation sites excluding steroid dienone is 1. The van der Waals surface area contributed by atoms with E-state index < -0.39 is 0 Å². The van der Waals surface area contributed by atoms with E-state index in [1.807, 2.05) is 24.3 Å². The molecule has 1 aliphatic rings. The number of rotatable bonds is 8. The van der Waals surface area contributed by atoms with Gasteiger partial charge in [-0.1, -0.05) is 27.2 Å². The fourth-order valence-corrected chi connectivity index (χ4v) is 4.18. The zero-order valence-corrected chi connectivity index (χ0v) is 18.3. The fraction of sp³-hybridized carbons (Fsp3) is 0.400. The van der Waals surface area contributed by atoms with Crippen LogP contribution in [0, 0.1) is 6.67 Å². The lowest BCUT2D eigenvalue weighted by atomic mass is 9.92. The summed E-state index contributed by atoms with van der Waals surface area (Å²) in [4.78, 5) is 4.76. The van der Waals surface area contributed by atoms with Crippen molar-refractivity contribution in [2.75, 3.05) is 24.0 Å². The Morgan fingerprint density at radius 3 is 1.79 bits per heavy atom. The van der Waals surface area contributed by atoms with E-state index >= 15 is 0 Å². The van der Waals surface area contributed by atoms with Crippen LogP contribution in [0.1, 0.15) is 46.5 Å². The minimum atomic E-state index is 0.368. The molecule has 2 aromatic rings. The zero-order valence-electron chi connectivity index (χ0n) is 18.3. The summed E-state index contributed by atoms with van der Waals surface area (Å²) in [5, 5.41) is 0. The second-order valence-electron chi connectivity index (χ2n) is 7.29. The van der Waals surface area contributed by atoms with E-state index in [1.165, 1.54) is 17.0 Å². The van der Waals surface area contributed by atoms with Crippen LogP contribution in [0.3, 0.4) is 0 Å². The topological polar surface area (TPSA) is 24.9 Å². The first kappa shape index (κ1) is 21.1. The van der Waals surface area contributed by atoms with Gasteiger partial charge < -0.3 is 19.3 Å². The van der Waals surface area contributed by atoms with Crippen molar-refractivity contribution in [1.29, 1.82) is 0 Å². The Morgan fingerprint density at radius 1 is 0.793 bits per heavy atom. The molecular weight excluding hydrogens is 360 g/mol. The van der Waals surface area contributed by atoms with E-state index in [-0.39, 0.29) is 0 Å². The molecular formula is C25H33N2O2. The highest BCUT2D eigenvalue weighted by molar-refractivity contribution is 5.65. The molecule has 0 amide bonds. The lowest BCUT2D eigenvalue weighted by Gasteiger charge is -2.46. The third kappa shape index (κ3) is 4.36. The Balaban J connectivity index is 2.06. The number of anilines is 2. The Kier molecular flexibility index (Phi) is 7.08. The van der Waals surface area contributed by atoms with E-state index in [0.29, 0.717) is 6.04 Å². The third-order valence-corrected chi connectivity index (χ3v) is 5.60. The van der Waals surface area contributed by atoms with E-state index in [1.54, 1.807) is 14.2 Å². The summed E-state index contributed by atoms with van der Waals surface area (Å²) >= 11 is 0. The van der Waals surface area contributed by atoms with Crippen LogP contribution in [0.5, 0.6) is 11.5 Å². The lowest BCUT2D eigenvalue weighted by Crippen LogP contribution is -2.46. The van der Waals surface area contributed by atoms with Crippen LogP contribution in [0.15, 0.2) is 59.8 Å². The number of methoxy groups -OCH3 is 2. The molecule has 3 rings (SSSR count). The van der Waals surface area contributed by atoms with Crippen molar-refractivity contribution >= 4 is 11.4 Å². The molecule has 0 spiro atoms. The summed E-state index contributed by atoms with van der Waals surface area (Å²) in [5.74, 6) is 1.75. The molecule has 0 aromatic heterocycles. The van der Waals surface area contributed by atoms with Crippen LogP contribution >= 0.6 is 0 Å². The molecule has 1 atom stereocenters. The highest BCUT2D eigenvalue weighted by Gasteiger charge is 2.33. The average molecular weight is 394 g/mol. The second kappa shape index (κ2) is 9.73. The monoisotopic (exact) mass is 393 g/mol. The normalized spacial score (nSPS) is 16.9. The maximum absolute atomic E-state index is 5.36. The predicted molar refractivity (Wildman–Crippen MR) is 122 cm³/mol. The number of benzene rings is 2. The van der Waals surface area contributed by atoms with Crippen molar-refractivity contribution < 1.29 is 9.47 Å². The van der Waals surface area contributed by atoms with Crippen molar-refractivity contribution in [2.24, 2.45) is 0 Å². The van der Waals surface area contributed by atoms with Gasteiger partial charge in [-0.15, -0.1) is 0 Å². The van der Waals surface area contributed by atoms with Gasteiger partial charge in [-0.25, -0.2) is 0 Å². The number of hydrogen-bond donors (Lipinski definition) is 0. The van der Waals surface area contributed by atoms with E-state index in [0.717, 1.165) is 42.9 Å². The molecule has 4 nitrogen and oxygen atoms in total. The summed E-state index contributed by atoms with van der Waals surface area (Å²) < 4.78 is 10.7. The van der Waals surface area contributed by atoms with Gasteiger partial charge >= 0.3 is 0 Å². The fourth-order valence-electron chi connectivity index (χ4n) is 4.18. The molecule has 0 saturated carbocycles. The second-order valence-corrected chi connectivity index (χ2v) is 7.29. The van der Waals surface area contributed by atoms with E-state index in [4.69, 9.17) is 9.47 Å². The van der Waals surface area contributed by atoms with Crippen LogP contribution in [0.2, 0.25) is 0 Å². The zero-order chi connectivity index (χ0) is 20.8. The van der Waals surface area contributed by atoms with Crippen molar-refractivity contribution in [2.45, 2.75) is 52.5 Å². The third-order valence-electron chi connectivity index (χ3n) is 5.60. The first-order valence-corrected chi connectivity index (χ1v) is 10.6. The van der Waals surface area contributed by atoms with Gasteiger partial charge in [0.05, 0.1) is 20.3 Å². The smallest absolute Gasteiger partial charge is 0.147 e. The molecule has 29 heavy (non-hydrogen) atoms. The van der Waals surface area contributed by atoms with Crippen LogP contribution in [-0.4, -0.2) is 20.3 Å². The van der Waals surface area contributed by atoms with Crippen molar-refractivity contribution in [3.8, 4) is 11.5 Å². The molecule has 0 saturated heterocycles. The molecule has 1 radical (unpaired) electrons. The van der Waals surface area contributed by atoms with Gasteiger partial charge in [-0.3, -0.25) is 0 Å². The summed E-state index contributed by atoms with van der Waals surface area (Å²) in [6.45, 7) is 9.06. The van der Waals surface area contributed by atoms with Crippen LogP contribution in [0.4, 0.5) is 11.4 Å². The molecule has 1 aliphatic heterocycles. The molecule has 0 bridgehead atoms. The van der Waals surface area contributed by atoms with Crippen molar-refractivity contribution in [1.82, 2.24) is 0 Å². The summed E-state index contributed by atoms with van der Waals surface area (Å²) in [6, 6.07) is 17.0. The van der Waals surface area contributed by atoms with Crippen LogP contribution < -0.4 is 19.3 Å². The number of nitrogens with zero attached hydrogens (tertiary/aromatic N) is 2. The van der Waals surface area contributed by atoms with E-state index in [2.05, 4.69) is 61.5 Å². The molecule has 2 aromatic carbocycles. The maximum atomic E-state index is 5.36. The van der Waals surface area contributed by atoms with E-state index in [9.17, 15) is 0 Å². The quantitative estimate of drug-likeness (QED) is 0.518. The molecule has 0 N–H and O–H groups in total. The number of hydrogen-bond acceptors (Lipinski definition) is 4. The molecule has 155 valence electrons. The van der Waals surface area contributed by atoms with Crippen molar-refractivity contribution in [3.63, 3.8) is 0 Å². The highest BCUT2D eigenvalue weighted by atomic mass is 16.5. The standard InChI is InChI=1S/C25H33N2O2/c1-6-9-23-24(7-2)26(19-10-14-21(28-4)15-11-19)18-27(25(23)8-3)20-12-16-22(29-5)17-13-20/h10-18,24H,6-9H2,1-5H3. The minimum absolute atomic E-state index is 0.368. The number of ether oxygens (including phenoxy) is 2. The molecule has 1 unspecified atom stereocenters. The largest absolute Gasteiger partial charge is 0.497 e. The Morgan fingerprint density at radius 2 is 1.34 bits per heavy atom. The van der Waals surface area contributed by atoms with Gasteiger partial charge in [0.25, 0.3) is 0 Å². The summed E-state index contributed by atoms with van der Waals surface area (Å²) in [6.07, 6.45) is 4.32. The SMILES string of the molecule is CCCC1=C(CC)N(c2ccc(OC)cc2)[CH]N(c2ccc(OC)cc2)C1CC. The van der Waals surface area contributed by atoms with Gasteiger partial charge in [-0.2, -0.15) is 0 Å². The maximum Gasteiger partial charge on any atom is 0.147 e. The minimum Gasteiger partial charge on any atom is -0.497 e. The predicted octanol–water partition coefficient (Wildman–Crippen LogP) is 6.39. The van der Waals surface area contributed by atoms with Gasteiger partial charge in [0.2, 0.25) is 0 Å². The Labute approximate surface area is 175 Å². The van der Waals surface area contributed by atoms with Gasteiger partial charge in [0, 0.05) is 17.1 Å². The van der Waals surface area contributed by atoms with Crippen molar-refractivity contribution in [3.05, 3.63) is 66.5 Å². The molecule has 0 fully saturated rings. The summed E-state index contributed by atoms with van der Waals surface area (Å²) in [7, 11) is 3.41. The first-order valence-electron chi connectivity index (χ1n) is 10.6. The Hall–Kier alpha value is -2.62. The molecule has 1 heterocycles. The highest BCUT2D eigenvalue weighted by Crippen LogP contribution is 2.39. The summed E-state index contributed by atoms with van der Waals surface area (Å²) in [5.41, 5.74) is 5.28. The lowest BCUT2D eigenvalue weighted by molar-refractivity contribution is 0.414. The van der Waals surface area contributed by atoms with Gasteiger partial charge in [0.15, 0.2) is 0 Å². The van der Waals surface area contributed by atoms with Gasteiger partial charge in [0.1, 0.15) is 18.2 Å². The molecule has 4 heteroatoms. The molecule has 0 aliphatic carbocycles. The van der Waals surface area contributed by atoms with Gasteiger partial charge in [-0.05, 0) is 73.4 Å². The van der Waals surface area contributed by atoms with Crippen LogP contribution in [0.25, 0.3) is 0 Å². The average Bonchev–Trinajstić information content (AvgIpc) is 2.78. The van der Waals surface area contributed by atoms with Crippen LogP contribution in [-0.2, 0) is 0 Å². The first-order chi connectivity index (χ1) is 14.2.